The molecular formula is C15H18ClN3. The smallest absolute Gasteiger partial charge is 0.150 e. The topological polar surface area (TPSA) is 29.0 Å². The predicted octanol–water partition coefficient (Wildman–Crippen LogP) is 3.43. The molecule has 0 N–H and O–H groups in total. The molecule has 0 unspecified atom stereocenters. The molecule has 19 heavy (non-hydrogen) atoms. The van der Waals surface area contributed by atoms with Crippen LogP contribution in [0.4, 0.5) is 5.82 Å². The molecule has 0 amide bonds. The minimum absolute atomic E-state index is 0.775. The maximum atomic E-state index is 5.88. The Balaban J connectivity index is 2.03. The fourth-order valence-electron chi connectivity index (χ4n) is 1.94. The van der Waals surface area contributed by atoms with Crippen molar-refractivity contribution in [3.8, 4) is 0 Å². The fourth-order valence-corrected chi connectivity index (χ4v) is 2.07. The van der Waals surface area contributed by atoms with Crippen molar-refractivity contribution in [3.63, 3.8) is 0 Å². The molecule has 2 aromatic rings. The summed E-state index contributed by atoms with van der Waals surface area (Å²) in [6.45, 7) is 4.85. The monoisotopic (exact) mass is 275 g/mol. The molecule has 0 aliphatic carbocycles. The minimum Gasteiger partial charge on any atom is -0.358 e. The molecule has 0 spiro atoms. The van der Waals surface area contributed by atoms with Crippen LogP contribution in [0.15, 0.2) is 30.5 Å². The van der Waals surface area contributed by atoms with Gasteiger partial charge in [-0.05, 0) is 38.0 Å². The van der Waals surface area contributed by atoms with Gasteiger partial charge < -0.3 is 4.90 Å². The highest BCUT2D eigenvalue weighted by molar-refractivity contribution is 6.30. The summed E-state index contributed by atoms with van der Waals surface area (Å²) >= 11 is 5.88. The zero-order valence-corrected chi connectivity index (χ0v) is 12.3. The van der Waals surface area contributed by atoms with E-state index in [0.717, 1.165) is 35.2 Å². The molecule has 2 rings (SSSR count). The predicted molar refractivity (Wildman–Crippen MR) is 79.9 cm³/mol. The van der Waals surface area contributed by atoms with Crippen molar-refractivity contribution in [1.29, 1.82) is 0 Å². The van der Waals surface area contributed by atoms with Gasteiger partial charge in [0, 0.05) is 24.8 Å². The number of aryl methyl sites for hydroxylation is 2. The highest BCUT2D eigenvalue weighted by atomic mass is 35.5. The zero-order valence-electron chi connectivity index (χ0n) is 11.5. The molecule has 3 nitrogen and oxygen atoms in total. The number of aromatic nitrogens is 2. The van der Waals surface area contributed by atoms with E-state index in [-0.39, 0.29) is 0 Å². The SMILES string of the molecule is Cc1cnc(C)c(N(C)CCc2ccc(Cl)cc2)n1. The van der Waals surface area contributed by atoms with Gasteiger partial charge in [-0.25, -0.2) is 4.98 Å². The van der Waals surface area contributed by atoms with E-state index in [0.29, 0.717) is 0 Å². The van der Waals surface area contributed by atoms with Crippen molar-refractivity contribution >= 4 is 17.4 Å². The molecule has 0 fully saturated rings. The number of benzene rings is 1. The molecule has 1 aromatic heterocycles. The highest BCUT2D eigenvalue weighted by Crippen LogP contribution is 2.15. The quantitative estimate of drug-likeness (QED) is 0.856. The van der Waals surface area contributed by atoms with Crippen LogP contribution in [0.5, 0.6) is 0 Å². The second kappa shape index (κ2) is 6.02. The molecule has 0 aliphatic rings. The van der Waals surface area contributed by atoms with Crippen LogP contribution in [-0.4, -0.2) is 23.6 Å². The van der Waals surface area contributed by atoms with Crippen LogP contribution < -0.4 is 4.90 Å². The fraction of sp³-hybridized carbons (Fsp3) is 0.333. The first-order valence-electron chi connectivity index (χ1n) is 6.32. The van der Waals surface area contributed by atoms with Crippen LogP contribution in [0, 0.1) is 13.8 Å². The van der Waals surface area contributed by atoms with Crippen LogP contribution >= 0.6 is 11.6 Å². The molecule has 0 bridgehead atoms. The number of nitrogens with zero attached hydrogens (tertiary/aromatic N) is 3. The first-order valence-corrected chi connectivity index (χ1v) is 6.70. The third-order valence-electron chi connectivity index (χ3n) is 3.06. The Labute approximate surface area is 119 Å². The van der Waals surface area contributed by atoms with Gasteiger partial charge in [0.2, 0.25) is 0 Å². The summed E-state index contributed by atoms with van der Waals surface area (Å²) in [7, 11) is 2.05. The van der Waals surface area contributed by atoms with Crippen LogP contribution in [0.2, 0.25) is 5.02 Å². The van der Waals surface area contributed by atoms with Crippen molar-refractivity contribution in [2.24, 2.45) is 0 Å². The lowest BCUT2D eigenvalue weighted by molar-refractivity contribution is 0.841. The second-order valence-electron chi connectivity index (χ2n) is 4.72. The Hall–Kier alpha value is -1.61. The van der Waals surface area contributed by atoms with Crippen molar-refractivity contribution in [2.75, 3.05) is 18.5 Å². The number of halogens is 1. The van der Waals surface area contributed by atoms with E-state index in [4.69, 9.17) is 11.6 Å². The maximum Gasteiger partial charge on any atom is 0.150 e. The summed E-state index contributed by atoms with van der Waals surface area (Å²) < 4.78 is 0. The lowest BCUT2D eigenvalue weighted by atomic mass is 10.1. The Morgan fingerprint density at radius 3 is 2.53 bits per heavy atom. The number of hydrogen-bond donors (Lipinski definition) is 0. The summed E-state index contributed by atoms with van der Waals surface area (Å²) in [5.74, 6) is 0.953. The van der Waals surface area contributed by atoms with Crippen LogP contribution in [0.1, 0.15) is 17.0 Å². The molecule has 0 aliphatic heterocycles. The summed E-state index contributed by atoms with van der Waals surface area (Å²) in [6, 6.07) is 7.97. The normalized spacial score (nSPS) is 10.5. The Bertz CT molecular complexity index is 552. The average molecular weight is 276 g/mol. The molecule has 0 saturated heterocycles. The lowest BCUT2D eigenvalue weighted by Crippen LogP contribution is -2.23. The van der Waals surface area contributed by atoms with E-state index in [9.17, 15) is 0 Å². The van der Waals surface area contributed by atoms with Crippen molar-refractivity contribution in [1.82, 2.24) is 9.97 Å². The second-order valence-corrected chi connectivity index (χ2v) is 5.15. The standard InChI is InChI=1S/C15H18ClN3/c1-11-10-17-12(2)15(18-11)19(3)9-8-13-4-6-14(16)7-5-13/h4-7,10H,8-9H2,1-3H3. The largest absolute Gasteiger partial charge is 0.358 e. The average Bonchev–Trinajstić information content (AvgIpc) is 2.40. The maximum absolute atomic E-state index is 5.88. The molecule has 1 heterocycles. The molecule has 100 valence electrons. The molecule has 1 aromatic carbocycles. The van der Waals surface area contributed by atoms with Gasteiger partial charge in [0.05, 0.1) is 11.4 Å². The molecular weight excluding hydrogens is 258 g/mol. The highest BCUT2D eigenvalue weighted by Gasteiger charge is 2.07. The third kappa shape index (κ3) is 3.67. The van der Waals surface area contributed by atoms with Gasteiger partial charge >= 0.3 is 0 Å². The van der Waals surface area contributed by atoms with Crippen LogP contribution in [0.3, 0.4) is 0 Å². The van der Waals surface area contributed by atoms with E-state index < -0.39 is 0 Å². The van der Waals surface area contributed by atoms with Crippen molar-refractivity contribution in [2.45, 2.75) is 20.3 Å². The summed E-state index contributed by atoms with van der Waals surface area (Å²) in [5.41, 5.74) is 3.18. The van der Waals surface area contributed by atoms with E-state index >= 15 is 0 Å². The first kappa shape index (κ1) is 13.8. The van der Waals surface area contributed by atoms with Gasteiger partial charge in [-0.2, -0.15) is 0 Å². The van der Waals surface area contributed by atoms with E-state index in [1.54, 1.807) is 6.20 Å². The van der Waals surface area contributed by atoms with Gasteiger partial charge in [-0.3, -0.25) is 4.98 Å². The van der Waals surface area contributed by atoms with Crippen molar-refractivity contribution < 1.29 is 0 Å². The van der Waals surface area contributed by atoms with E-state index in [1.165, 1.54) is 5.56 Å². The number of anilines is 1. The van der Waals surface area contributed by atoms with Crippen LogP contribution in [0.25, 0.3) is 0 Å². The summed E-state index contributed by atoms with van der Waals surface area (Å²) in [6.07, 6.45) is 2.76. The van der Waals surface area contributed by atoms with Gasteiger partial charge in [-0.1, -0.05) is 23.7 Å². The molecule has 0 saturated carbocycles. The lowest BCUT2D eigenvalue weighted by Gasteiger charge is -2.20. The van der Waals surface area contributed by atoms with E-state index in [1.807, 2.05) is 33.0 Å². The van der Waals surface area contributed by atoms with Crippen LogP contribution in [-0.2, 0) is 6.42 Å². The van der Waals surface area contributed by atoms with E-state index in [2.05, 4.69) is 27.0 Å². The number of rotatable bonds is 4. The minimum atomic E-state index is 0.775. The zero-order chi connectivity index (χ0) is 13.8. The third-order valence-corrected chi connectivity index (χ3v) is 3.31. The Morgan fingerprint density at radius 1 is 1.16 bits per heavy atom. The number of likely N-dealkylation sites (N-methyl/N-ethyl adjacent to an activating group) is 1. The number of hydrogen-bond acceptors (Lipinski definition) is 3. The summed E-state index contributed by atoms with van der Waals surface area (Å²) in [5, 5.41) is 0.775. The van der Waals surface area contributed by atoms with Gasteiger partial charge in [0.15, 0.2) is 0 Å². The molecule has 4 heteroatoms. The Kier molecular flexibility index (Phi) is 4.38. The summed E-state index contributed by atoms with van der Waals surface area (Å²) in [4.78, 5) is 11.0. The van der Waals surface area contributed by atoms with Gasteiger partial charge in [-0.15, -0.1) is 0 Å². The van der Waals surface area contributed by atoms with Gasteiger partial charge in [0.25, 0.3) is 0 Å². The van der Waals surface area contributed by atoms with Crippen molar-refractivity contribution in [3.05, 3.63) is 52.4 Å². The first-order chi connectivity index (χ1) is 9.06. The molecule has 0 radical (unpaired) electrons. The molecule has 0 atom stereocenters. The van der Waals surface area contributed by atoms with Gasteiger partial charge in [0.1, 0.15) is 5.82 Å². The Morgan fingerprint density at radius 2 is 1.84 bits per heavy atom.